The van der Waals surface area contributed by atoms with Crippen molar-refractivity contribution >= 4 is 28.9 Å². The maximum atomic E-state index is 13.6. The van der Waals surface area contributed by atoms with Crippen LogP contribution in [0.25, 0.3) is 5.69 Å². The van der Waals surface area contributed by atoms with Gasteiger partial charge in [0, 0.05) is 36.2 Å². The number of anilines is 1. The number of nitrogens with one attached hydrogen (secondary N) is 2. The van der Waals surface area contributed by atoms with Gasteiger partial charge in [-0.25, -0.2) is 4.39 Å². The van der Waals surface area contributed by atoms with Crippen molar-refractivity contribution in [1.82, 2.24) is 19.8 Å². The molecule has 0 spiro atoms. The average Bonchev–Trinajstić information content (AvgIpc) is 3.43. The second-order valence-corrected chi connectivity index (χ2v) is 9.84. The van der Waals surface area contributed by atoms with E-state index in [1.807, 2.05) is 43.3 Å². The van der Waals surface area contributed by atoms with Crippen LogP contribution in [-0.2, 0) is 4.79 Å². The molecule has 0 bridgehead atoms. The zero-order valence-corrected chi connectivity index (χ0v) is 22.8. The van der Waals surface area contributed by atoms with Crippen LogP contribution in [0.3, 0.4) is 0 Å². The number of benzene rings is 2. The number of methoxy groups -OCH3 is 1. The minimum Gasteiger partial charge on any atom is -0.495 e. The molecule has 4 aromatic rings. The Bertz CT molecular complexity index is 1490. The smallest absolute Gasteiger partial charge is 0.226 e. The van der Waals surface area contributed by atoms with Gasteiger partial charge in [-0.2, -0.15) is 0 Å². The Morgan fingerprint density at radius 3 is 2.56 bits per heavy atom. The fourth-order valence-corrected chi connectivity index (χ4v) is 5.57. The fraction of sp³-hybridized carbons (Fsp3) is 0.233. The van der Waals surface area contributed by atoms with Gasteiger partial charge in [0.05, 0.1) is 30.6 Å². The maximum Gasteiger partial charge on any atom is 0.226 e. The molecule has 9 heteroatoms. The van der Waals surface area contributed by atoms with Gasteiger partial charge in [0.15, 0.2) is 5.11 Å². The number of nitrogens with zero attached hydrogens (tertiary/aromatic N) is 3. The lowest BCUT2D eigenvalue weighted by Crippen LogP contribution is -2.33. The van der Waals surface area contributed by atoms with Crippen molar-refractivity contribution in [2.45, 2.75) is 32.4 Å². The van der Waals surface area contributed by atoms with Gasteiger partial charge in [0.1, 0.15) is 11.6 Å². The van der Waals surface area contributed by atoms with E-state index >= 15 is 0 Å². The Hall–Kier alpha value is -4.24. The molecule has 1 amide bonds. The first-order chi connectivity index (χ1) is 18.9. The standard InChI is InChI=1S/C30H30FN5O2S/c1-19-18-23(20(2)36(19)22-13-11-21(31)12-14-22)29-28(25-9-6-7-16-32-25)34-30(39)35(29)17-15-27(37)33-24-8-4-5-10-26(24)38-3/h4-14,16,18,28-29H,15,17H2,1-3H3,(H,33,37)(H,34,39)/t28-,29-/m0/s1. The summed E-state index contributed by atoms with van der Waals surface area (Å²) in [7, 11) is 1.57. The van der Waals surface area contributed by atoms with Crippen molar-refractivity contribution in [3.8, 4) is 11.4 Å². The van der Waals surface area contributed by atoms with Crippen molar-refractivity contribution < 1.29 is 13.9 Å². The number of pyridine rings is 1. The molecule has 2 aromatic carbocycles. The predicted octanol–water partition coefficient (Wildman–Crippen LogP) is 5.64. The third-order valence-electron chi connectivity index (χ3n) is 7.03. The molecule has 1 fully saturated rings. The van der Waals surface area contributed by atoms with Crippen LogP contribution >= 0.6 is 12.2 Å². The van der Waals surface area contributed by atoms with Gasteiger partial charge in [0.2, 0.25) is 5.91 Å². The molecule has 1 saturated heterocycles. The lowest BCUT2D eigenvalue weighted by atomic mass is 9.96. The molecule has 1 aliphatic heterocycles. The van der Waals surface area contributed by atoms with Crippen molar-refractivity contribution in [3.05, 3.63) is 107 Å². The molecule has 3 heterocycles. The number of aromatic nitrogens is 2. The minimum absolute atomic E-state index is 0.140. The number of thiocarbonyl (C=S) groups is 1. The number of aryl methyl sites for hydroxylation is 1. The minimum atomic E-state index is -0.278. The Balaban J connectivity index is 1.46. The second kappa shape index (κ2) is 11.2. The van der Waals surface area contributed by atoms with Gasteiger partial charge in [0.25, 0.3) is 0 Å². The number of ether oxygens (including phenoxy) is 1. The Labute approximate surface area is 232 Å². The van der Waals surface area contributed by atoms with Crippen LogP contribution < -0.4 is 15.4 Å². The summed E-state index contributed by atoms with van der Waals surface area (Å²) in [5.74, 6) is 0.184. The van der Waals surface area contributed by atoms with Crippen LogP contribution in [0.15, 0.2) is 79.0 Å². The third-order valence-corrected chi connectivity index (χ3v) is 7.38. The molecule has 7 nitrogen and oxygen atoms in total. The first-order valence-electron chi connectivity index (χ1n) is 12.7. The SMILES string of the molecule is COc1ccccc1NC(=O)CCN1C(=S)N[C@@H](c2ccccn2)[C@@H]1c1cc(C)n(-c2ccc(F)cc2)c1C. The topological polar surface area (TPSA) is 71.4 Å². The quantitative estimate of drug-likeness (QED) is 0.281. The molecular weight excluding hydrogens is 513 g/mol. The molecular formula is C30H30FN5O2S. The second-order valence-electron chi connectivity index (χ2n) is 9.46. The van der Waals surface area contributed by atoms with E-state index in [1.165, 1.54) is 12.1 Å². The zero-order chi connectivity index (χ0) is 27.5. The number of carbonyl (C=O) groups excluding carboxylic acids is 1. The molecule has 39 heavy (non-hydrogen) atoms. The van der Waals surface area contributed by atoms with Gasteiger partial charge < -0.3 is 24.8 Å². The zero-order valence-electron chi connectivity index (χ0n) is 22.0. The summed E-state index contributed by atoms with van der Waals surface area (Å²) in [4.78, 5) is 19.6. The number of amides is 1. The number of rotatable bonds is 8. The monoisotopic (exact) mass is 543 g/mol. The molecule has 1 aliphatic rings. The maximum absolute atomic E-state index is 13.6. The lowest BCUT2D eigenvalue weighted by Gasteiger charge is -2.28. The van der Waals surface area contributed by atoms with Crippen molar-refractivity contribution in [1.29, 1.82) is 0 Å². The summed E-state index contributed by atoms with van der Waals surface area (Å²) < 4.78 is 21.1. The van der Waals surface area contributed by atoms with Crippen molar-refractivity contribution in [3.63, 3.8) is 0 Å². The number of para-hydroxylation sites is 2. The molecule has 0 aliphatic carbocycles. The van der Waals surface area contributed by atoms with E-state index < -0.39 is 0 Å². The summed E-state index contributed by atoms with van der Waals surface area (Å²) >= 11 is 5.79. The summed E-state index contributed by atoms with van der Waals surface area (Å²) in [5, 5.41) is 6.96. The van der Waals surface area contributed by atoms with Crippen LogP contribution in [-0.4, -0.2) is 39.1 Å². The molecule has 5 rings (SSSR count). The van der Waals surface area contributed by atoms with E-state index in [2.05, 4.69) is 38.1 Å². The molecule has 0 unspecified atom stereocenters. The van der Waals surface area contributed by atoms with Crippen LogP contribution in [0.1, 0.15) is 41.1 Å². The number of carbonyl (C=O) groups is 1. The highest BCUT2D eigenvalue weighted by Gasteiger charge is 2.41. The van der Waals surface area contributed by atoms with E-state index in [9.17, 15) is 9.18 Å². The van der Waals surface area contributed by atoms with Gasteiger partial charge in [-0.05, 0) is 86.2 Å². The van der Waals surface area contributed by atoms with Crippen LogP contribution in [0.5, 0.6) is 5.75 Å². The summed E-state index contributed by atoms with van der Waals surface area (Å²) in [6.45, 7) is 4.48. The van der Waals surface area contributed by atoms with Gasteiger partial charge >= 0.3 is 0 Å². The Morgan fingerprint density at radius 2 is 1.85 bits per heavy atom. The summed E-state index contributed by atoms with van der Waals surface area (Å²) in [6.07, 6.45) is 1.99. The first kappa shape index (κ1) is 26.4. The number of hydrogen-bond acceptors (Lipinski definition) is 4. The third kappa shape index (κ3) is 5.35. The van der Waals surface area contributed by atoms with Gasteiger partial charge in [-0.1, -0.05) is 18.2 Å². The van der Waals surface area contributed by atoms with Crippen molar-refractivity contribution in [2.75, 3.05) is 19.0 Å². The first-order valence-corrected chi connectivity index (χ1v) is 13.1. The highest BCUT2D eigenvalue weighted by Crippen LogP contribution is 2.41. The molecule has 2 atom stereocenters. The molecule has 2 aromatic heterocycles. The van der Waals surface area contributed by atoms with Crippen molar-refractivity contribution in [2.24, 2.45) is 0 Å². The largest absolute Gasteiger partial charge is 0.495 e. The lowest BCUT2D eigenvalue weighted by molar-refractivity contribution is -0.116. The van der Waals surface area contributed by atoms with E-state index in [1.54, 1.807) is 31.5 Å². The molecule has 0 saturated carbocycles. The fourth-order valence-electron chi connectivity index (χ4n) is 5.24. The molecule has 200 valence electrons. The number of hydrogen-bond donors (Lipinski definition) is 2. The predicted molar refractivity (Wildman–Crippen MR) is 154 cm³/mol. The van der Waals surface area contributed by atoms with Crippen LogP contribution in [0.2, 0.25) is 0 Å². The van der Waals surface area contributed by atoms with E-state index in [4.69, 9.17) is 17.0 Å². The normalized spacial score (nSPS) is 16.7. The highest BCUT2D eigenvalue weighted by molar-refractivity contribution is 7.80. The summed E-state index contributed by atoms with van der Waals surface area (Å²) in [6, 6.07) is 21.3. The Kier molecular flexibility index (Phi) is 7.60. The summed E-state index contributed by atoms with van der Waals surface area (Å²) in [5.41, 5.74) is 5.45. The number of halogens is 1. The van der Waals surface area contributed by atoms with Gasteiger partial charge in [-0.3, -0.25) is 9.78 Å². The van der Waals surface area contributed by atoms with Gasteiger partial charge in [-0.15, -0.1) is 0 Å². The molecule has 2 N–H and O–H groups in total. The Morgan fingerprint density at radius 1 is 1.10 bits per heavy atom. The highest BCUT2D eigenvalue weighted by atomic mass is 32.1. The van der Waals surface area contributed by atoms with E-state index in [0.29, 0.717) is 23.1 Å². The van der Waals surface area contributed by atoms with E-state index in [-0.39, 0.29) is 30.2 Å². The van der Waals surface area contributed by atoms with Crippen LogP contribution in [0, 0.1) is 19.7 Å². The average molecular weight is 544 g/mol. The van der Waals surface area contributed by atoms with E-state index in [0.717, 1.165) is 28.3 Å². The molecule has 0 radical (unpaired) electrons. The van der Waals surface area contributed by atoms with Crippen LogP contribution in [0.4, 0.5) is 10.1 Å².